The molecule has 0 spiro atoms. The summed E-state index contributed by atoms with van der Waals surface area (Å²) in [5.41, 5.74) is 0. The number of alkyl halides is 1. The van der Waals surface area contributed by atoms with Crippen LogP contribution in [0.25, 0.3) is 0 Å². The Kier molecular flexibility index (Phi) is 5.00. The van der Waals surface area contributed by atoms with E-state index in [2.05, 4.69) is 20.7 Å². The number of rotatable bonds is 4. The lowest BCUT2D eigenvalue weighted by Gasteiger charge is -2.18. The second-order valence-electron chi connectivity index (χ2n) is 4.26. The van der Waals surface area contributed by atoms with E-state index in [1.54, 1.807) is 0 Å². The predicted molar refractivity (Wildman–Crippen MR) is 79.6 cm³/mol. The summed E-state index contributed by atoms with van der Waals surface area (Å²) < 4.78 is 27.8. The first-order valence-electron chi connectivity index (χ1n) is 5.47. The quantitative estimate of drug-likeness (QED) is 0.789. The Labute approximate surface area is 129 Å². The summed E-state index contributed by atoms with van der Waals surface area (Å²) in [6.07, 6.45) is 2.95. The number of thiophene rings is 1. The van der Waals surface area contributed by atoms with Gasteiger partial charge in [-0.1, -0.05) is 45.6 Å². The molecule has 2 rings (SSSR count). The van der Waals surface area contributed by atoms with Gasteiger partial charge in [0.2, 0.25) is 10.0 Å². The van der Waals surface area contributed by atoms with E-state index < -0.39 is 10.0 Å². The van der Waals surface area contributed by atoms with E-state index in [1.807, 2.05) is 0 Å². The predicted octanol–water partition coefficient (Wildman–Crippen LogP) is 3.90. The number of sulfonamides is 1. The van der Waals surface area contributed by atoms with Gasteiger partial charge in [0.1, 0.15) is 9.23 Å². The minimum absolute atomic E-state index is 0.0240. The topological polar surface area (TPSA) is 46.2 Å². The lowest BCUT2D eigenvalue weighted by molar-refractivity contribution is 0.484. The van der Waals surface area contributed by atoms with Crippen LogP contribution in [-0.2, 0) is 10.0 Å². The number of halogens is 3. The zero-order valence-electron chi connectivity index (χ0n) is 9.33. The van der Waals surface area contributed by atoms with Gasteiger partial charge < -0.3 is 0 Å². The first kappa shape index (κ1) is 15.1. The van der Waals surface area contributed by atoms with Crippen LogP contribution in [0.2, 0.25) is 8.67 Å². The van der Waals surface area contributed by atoms with Crippen LogP contribution in [0.1, 0.15) is 19.3 Å². The van der Waals surface area contributed by atoms with Crippen LogP contribution in [0.4, 0.5) is 0 Å². The van der Waals surface area contributed by atoms with Crippen molar-refractivity contribution < 1.29 is 8.42 Å². The van der Waals surface area contributed by atoms with Gasteiger partial charge in [0.25, 0.3) is 0 Å². The number of hydrogen-bond acceptors (Lipinski definition) is 3. The van der Waals surface area contributed by atoms with E-state index in [1.165, 1.54) is 6.07 Å². The second kappa shape index (κ2) is 5.97. The molecule has 0 aromatic carbocycles. The van der Waals surface area contributed by atoms with Crippen molar-refractivity contribution in [2.24, 2.45) is 5.92 Å². The van der Waals surface area contributed by atoms with Gasteiger partial charge in [-0.2, -0.15) is 0 Å². The summed E-state index contributed by atoms with van der Waals surface area (Å²) in [6.45, 7) is 0. The Morgan fingerprint density at radius 2 is 2.17 bits per heavy atom. The molecule has 18 heavy (non-hydrogen) atoms. The first-order valence-corrected chi connectivity index (χ1v) is 9.65. The van der Waals surface area contributed by atoms with Crippen molar-refractivity contribution in [2.45, 2.75) is 30.2 Å². The highest BCUT2D eigenvalue weighted by atomic mass is 79.9. The molecular formula is C10H12BrCl2NO2S2. The number of nitrogens with one attached hydrogen (secondary N) is 1. The van der Waals surface area contributed by atoms with Crippen LogP contribution in [0, 0.1) is 5.92 Å². The highest BCUT2D eigenvalue weighted by Gasteiger charge is 2.31. The first-order chi connectivity index (χ1) is 8.44. The fourth-order valence-electron chi connectivity index (χ4n) is 2.15. The maximum atomic E-state index is 12.2. The molecule has 3 nitrogen and oxygen atoms in total. The molecule has 1 N–H and O–H groups in total. The summed E-state index contributed by atoms with van der Waals surface area (Å²) in [5.74, 6) is 0.340. The van der Waals surface area contributed by atoms with Crippen LogP contribution in [0.15, 0.2) is 11.0 Å². The van der Waals surface area contributed by atoms with Crippen molar-refractivity contribution in [3.63, 3.8) is 0 Å². The third-order valence-corrected chi connectivity index (χ3v) is 7.15. The van der Waals surface area contributed by atoms with E-state index in [0.29, 0.717) is 10.3 Å². The molecule has 1 fully saturated rings. The maximum Gasteiger partial charge on any atom is 0.243 e. The van der Waals surface area contributed by atoms with Gasteiger partial charge in [0.15, 0.2) is 0 Å². The zero-order valence-corrected chi connectivity index (χ0v) is 14.1. The molecule has 1 saturated carbocycles. The molecule has 1 heterocycles. The van der Waals surface area contributed by atoms with Gasteiger partial charge >= 0.3 is 0 Å². The molecule has 102 valence electrons. The zero-order chi connectivity index (χ0) is 13.3. The van der Waals surface area contributed by atoms with Crippen LogP contribution in [0.5, 0.6) is 0 Å². The van der Waals surface area contributed by atoms with Crippen molar-refractivity contribution in [1.82, 2.24) is 4.72 Å². The average molecular weight is 393 g/mol. The van der Waals surface area contributed by atoms with Gasteiger partial charge in [0.05, 0.1) is 4.34 Å². The summed E-state index contributed by atoms with van der Waals surface area (Å²) in [6, 6.07) is 1.37. The lowest BCUT2D eigenvalue weighted by Crippen LogP contribution is -2.37. The molecule has 1 aliphatic carbocycles. The normalized spacial score (nSPS) is 24.6. The molecule has 0 radical (unpaired) electrons. The fraction of sp³-hybridized carbons (Fsp3) is 0.600. The van der Waals surface area contributed by atoms with Gasteiger partial charge in [-0.15, -0.1) is 11.3 Å². The smallest absolute Gasteiger partial charge is 0.208 e. The van der Waals surface area contributed by atoms with Crippen LogP contribution in [0.3, 0.4) is 0 Å². The molecule has 2 unspecified atom stereocenters. The lowest BCUT2D eigenvalue weighted by atomic mass is 10.1. The molecule has 0 aliphatic heterocycles. The summed E-state index contributed by atoms with van der Waals surface area (Å²) in [4.78, 5) is 0.0828. The minimum Gasteiger partial charge on any atom is -0.208 e. The number of hydrogen-bond donors (Lipinski definition) is 1. The van der Waals surface area contributed by atoms with Crippen molar-refractivity contribution in [2.75, 3.05) is 5.33 Å². The molecule has 1 aromatic heterocycles. The molecule has 8 heteroatoms. The summed E-state index contributed by atoms with van der Waals surface area (Å²) >= 11 is 16.2. The summed E-state index contributed by atoms with van der Waals surface area (Å²) in [7, 11) is -3.57. The van der Waals surface area contributed by atoms with E-state index in [4.69, 9.17) is 23.2 Å². The molecule has 0 bridgehead atoms. The Bertz CT molecular complexity index is 532. The third-order valence-electron chi connectivity index (χ3n) is 3.08. The molecule has 2 atom stereocenters. The maximum absolute atomic E-state index is 12.2. The van der Waals surface area contributed by atoms with Crippen molar-refractivity contribution in [3.05, 3.63) is 14.7 Å². The van der Waals surface area contributed by atoms with E-state index in [0.717, 1.165) is 35.9 Å². The highest BCUT2D eigenvalue weighted by Crippen LogP contribution is 2.35. The molecule has 1 aromatic rings. The highest BCUT2D eigenvalue weighted by molar-refractivity contribution is 9.09. The second-order valence-corrected chi connectivity index (χ2v) is 8.88. The third kappa shape index (κ3) is 3.22. The molecular weight excluding hydrogens is 381 g/mol. The average Bonchev–Trinajstić information content (AvgIpc) is 2.84. The molecule has 0 amide bonds. The Balaban J connectivity index is 2.19. The Hall–Kier alpha value is 0.670. The van der Waals surface area contributed by atoms with Gasteiger partial charge in [-0.3, -0.25) is 0 Å². The van der Waals surface area contributed by atoms with Crippen molar-refractivity contribution in [3.8, 4) is 0 Å². The standard InChI is InChI=1S/C10H12BrCl2NO2S2/c11-5-6-2-1-3-7(6)14-18(15,16)8-4-9(12)17-10(8)13/h4,6-7,14H,1-3,5H2. The summed E-state index contributed by atoms with van der Waals surface area (Å²) in [5, 5.41) is 0.804. The van der Waals surface area contributed by atoms with E-state index >= 15 is 0 Å². The Morgan fingerprint density at radius 3 is 2.72 bits per heavy atom. The SMILES string of the molecule is O=S(=O)(NC1CCCC1CBr)c1cc(Cl)sc1Cl. The van der Waals surface area contributed by atoms with Crippen LogP contribution >= 0.6 is 50.5 Å². The van der Waals surface area contributed by atoms with Crippen molar-refractivity contribution >= 4 is 60.5 Å². The van der Waals surface area contributed by atoms with E-state index in [-0.39, 0.29) is 15.3 Å². The van der Waals surface area contributed by atoms with Crippen LogP contribution < -0.4 is 4.72 Å². The van der Waals surface area contributed by atoms with Crippen molar-refractivity contribution in [1.29, 1.82) is 0 Å². The Morgan fingerprint density at radius 1 is 1.44 bits per heavy atom. The fourth-order valence-corrected chi connectivity index (χ4v) is 6.41. The minimum atomic E-state index is -3.57. The van der Waals surface area contributed by atoms with Gasteiger partial charge in [-0.25, -0.2) is 13.1 Å². The van der Waals surface area contributed by atoms with E-state index in [9.17, 15) is 8.42 Å². The molecule has 1 aliphatic rings. The van der Waals surface area contributed by atoms with Gasteiger partial charge in [0, 0.05) is 11.4 Å². The monoisotopic (exact) mass is 391 g/mol. The van der Waals surface area contributed by atoms with Gasteiger partial charge in [-0.05, 0) is 24.8 Å². The molecule has 0 saturated heterocycles. The largest absolute Gasteiger partial charge is 0.243 e. The van der Waals surface area contributed by atoms with Crippen LogP contribution in [-0.4, -0.2) is 19.8 Å².